The number of thiophene rings is 1. The third kappa shape index (κ3) is 2.57. The quantitative estimate of drug-likeness (QED) is 0.947. The molecule has 21 heavy (non-hydrogen) atoms. The van der Waals surface area contributed by atoms with Crippen molar-refractivity contribution in [2.24, 2.45) is 0 Å². The minimum atomic E-state index is -0.253. The summed E-state index contributed by atoms with van der Waals surface area (Å²) in [5.74, 6) is -0.253. The van der Waals surface area contributed by atoms with Crippen LogP contribution in [0.1, 0.15) is 46.3 Å². The van der Waals surface area contributed by atoms with Gasteiger partial charge in [0.05, 0.1) is 5.56 Å². The second-order valence-corrected chi connectivity index (χ2v) is 6.14. The van der Waals surface area contributed by atoms with Crippen molar-refractivity contribution >= 4 is 22.2 Å². The lowest BCUT2D eigenvalue weighted by Gasteiger charge is -2.09. The molecule has 0 bridgehead atoms. The number of nitrogens with one attached hydrogen (secondary N) is 1. The van der Waals surface area contributed by atoms with Crippen molar-refractivity contribution in [1.82, 2.24) is 9.78 Å². The Kier molecular flexibility index (Phi) is 3.76. The average Bonchev–Trinajstić information content (AvgIpc) is 3.11. The van der Waals surface area contributed by atoms with Crippen molar-refractivity contribution in [2.75, 3.05) is 5.32 Å². The van der Waals surface area contributed by atoms with Crippen molar-refractivity contribution in [1.29, 1.82) is 5.26 Å². The summed E-state index contributed by atoms with van der Waals surface area (Å²) in [5, 5.41) is 17.1. The van der Waals surface area contributed by atoms with Crippen molar-refractivity contribution in [3.05, 3.63) is 34.0 Å². The molecule has 1 aliphatic carbocycles. The van der Waals surface area contributed by atoms with Crippen LogP contribution < -0.4 is 5.32 Å². The molecule has 0 aliphatic heterocycles. The first kappa shape index (κ1) is 13.8. The van der Waals surface area contributed by atoms with Crippen LogP contribution in [0, 0.1) is 11.3 Å². The molecule has 6 heteroatoms. The van der Waals surface area contributed by atoms with E-state index in [4.69, 9.17) is 0 Å². The van der Waals surface area contributed by atoms with Crippen LogP contribution in [-0.2, 0) is 19.4 Å². The topological polar surface area (TPSA) is 70.7 Å². The standard InChI is InChI=1S/C15H16N4OS/c1-2-19-8-7-12(18-19)14(20)17-15-11(9-16)10-5-3-4-6-13(10)21-15/h7-8H,2-6H2,1H3,(H,17,20). The molecule has 0 radical (unpaired) electrons. The lowest BCUT2D eigenvalue weighted by molar-refractivity contribution is 0.102. The van der Waals surface area contributed by atoms with E-state index in [1.54, 1.807) is 16.9 Å². The highest BCUT2D eigenvalue weighted by molar-refractivity contribution is 7.16. The Hall–Kier alpha value is -2.13. The molecule has 0 fully saturated rings. The normalized spacial score (nSPS) is 13.5. The summed E-state index contributed by atoms with van der Waals surface area (Å²) < 4.78 is 1.71. The molecule has 2 aromatic heterocycles. The number of amides is 1. The Bertz CT molecular complexity index is 723. The summed E-state index contributed by atoms with van der Waals surface area (Å²) in [7, 11) is 0. The number of hydrogen-bond donors (Lipinski definition) is 1. The fourth-order valence-corrected chi connectivity index (χ4v) is 3.83. The largest absolute Gasteiger partial charge is 0.311 e. The fraction of sp³-hybridized carbons (Fsp3) is 0.400. The van der Waals surface area contributed by atoms with E-state index < -0.39 is 0 Å². The van der Waals surface area contributed by atoms with Crippen molar-refractivity contribution in [2.45, 2.75) is 39.2 Å². The number of carbonyl (C=O) groups excluding carboxylic acids is 1. The zero-order valence-electron chi connectivity index (χ0n) is 11.8. The van der Waals surface area contributed by atoms with E-state index in [-0.39, 0.29) is 5.91 Å². The second-order valence-electron chi connectivity index (χ2n) is 5.04. The zero-order chi connectivity index (χ0) is 14.8. The Labute approximate surface area is 127 Å². The Morgan fingerprint density at radius 3 is 3.05 bits per heavy atom. The maximum absolute atomic E-state index is 12.2. The van der Waals surface area contributed by atoms with Crippen LogP contribution in [0.5, 0.6) is 0 Å². The van der Waals surface area contributed by atoms with E-state index in [9.17, 15) is 10.1 Å². The summed E-state index contributed by atoms with van der Waals surface area (Å²) in [6, 6.07) is 3.94. The predicted molar refractivity (Wildman–Crippen MR) is 81.5 cm³/mol. The highest BCUT2D eigenvalue weighted by Crippen LogP contribution is 2.37. The summed E-state index contributed by atoms with van der Waals surface area (Å²) in [5.41, 5.74) is 2.15. The molecule has 2 heterocycles. The van der Waals surface area contributed by atoms with Crippen LogP contribution in [0.4, 0.5) is 5.00 Å². The van der Waals surface area contributed by atoms with Gasteiger partial charge in [-0.3, -0.25) is 9.48 Å². The molecule has 0 spiro atoms. The number of aromatic nitrogens is 2. The van der Waals surface area contributed by atoms with Gasteiger partial charge in [0, 0.05) is 17.6 Å². The molecular formula is C15H16N4OS. The van der Waals surface area contributed by atoms with Gasteiger partial charge in [0.15, 0.2) is 5.69 Å². The summed E-state index contributed by atoms with van der Waals surface area (Å²) in [4.78, 5) is 13.5. The number of aryl methyl sites for hydroxylation is 2. The van der Waals surface area contributed by atoms with E-state index in [2.05, 4.69) is 16.5 Å². The number of fused-ring (bicyclic) bond motifs is 1. The Balaban J connectivity index is 1.86. The van der Waals surface area contributed by atoms with Crippen LogP contribution in [-0.4, -0.2) is 15.7 Å². The van der Waals surface area contributed by atoms with Gasteiger partial charge in [-0.2, -0.15) is 10.4 Å². The number of carbonyl (C=O) groups is 1. The molecule has 0 aromatic carbocycles. The van der Waals surface area contributed by atoms with Gasteiger partial charge in [0.25, 0.3) is 5.91 Å². The molecule has 3 rings (SSSR count). The van der Waals surface area contributed by atoms with E-state index in [1.165, 1.54) is 16.2 Å². The number of rotatable bonds is 3. The first-order chi connectivity index (χ1) is 10.2. The molecule has 1 N–H and O–H groups in total. The van der Waals surface area contributed by atoms with Crippen LogP contribution in [0.25, 0.3) is 0 Å². The molecule has 0 atom stereocenters. The van der Waals surface area contributed by atoms with Crippen LogP contribution in [0.2, 0.25) is 0 Å². The molecule has 1 amide bonds. The molecule has 0 saturated heterocycles. The average molecular weight is 300 g/mol. The molecule has 0 unspecified atom stereocenters. The lowest BCUT2D eigenvalue weighted by Crippen LogP contribution is -2.13. The first-order valence-electron chi connectivity index (χ1n) is 7.12. The van der Waals surface area contributed by atoms with E-state index >= 15 is 0 Å². The number of nitrogens with zero attached hydrogens (tertiary/aromatic N) is 3. The van der Waals surface area contributed by atoms with Crippen molar-refractivity contribution in [3.63, 3.8) is 0 Å². The molecular weight excluding hydrogens is 284 g/mol. The van der Waals surface area contributed by atoms with Gasteiger partial charge in [-0.15, -0.1) is 11.3 Å². The van der Waals surface area contributed by atoms with Crippen LogP contribution >= 0.6 is 11.3 Å². The number of nitriles is 1. The van der Waals surface area contributed by atoms with Crippen LogP contribution in [0.15, 0.2) is 12.3 Å². The maximum atomic E-state index is 12.2. The monoisotopic (exact) mass is 300 g/mol. The minimum Gasteiger partial charge on any atom is -0.311 e. The van der Waals surface area contributed by atoms with Gasteiger partial charge < -0.3 is 5.32 Å². The van der Waals surface area contributed by atoms with Gasteiger partial charge >= 0.3 is 0 Å². The first-order valence-corrected chi connectivity index (χ1v) is 7.94. The molecule has 1 aliphatic rings. The van der Waals surface area contributed by atoms with Gasteiger partial charge in [-0.05, 0) is 44.2 Å². The highest BCUT2D eigenvalue weighted by atomic mass is 32.1. The molecule has 2 aromatic rings. The summed E-state index contributed by atoms with van der Waals surface area (Å²) in [6.45, 7) is 2.69. The van der Waals surface area contributed by atoms with Gasteiger partial charge in [0.2, 0.25) is 0 Å². The molecule has 5 nitrogen and oxygen atoms in total. The van der Waals surface area contributed by atoms with Crippen molar-refractivity contribution in [3.8, 4) is 6.07 Å². The fourth-order valence-electron chi connectivity index (χ4n) is 2.60. The smallest absolute Gasteiger partial charge is 0.276 e. The Morgan fingerprint density at radius 2 is 2.33 bits per heavy atom. The minimum absolute atomic E-state index is 0.253. The SMILES string of the molecule is CCn1ccc(C(=O)Nc2sc3c(c2C#N)CCCC3)n1. The van der Waals surface area contributed by atoms with Gasteiger partial charge in [0.1, 0.15) is 11.1 Å². The lowest BCUT2D eigenvalue weighted by atomic mass is 9.96. The third-order valence-corrected chi connectivity index (χ3v) is 4.91. The van der Waals surface area contributed by atoms with Gasteiger partial charge in [-0.1, -0.05) is 0 Å². The van der Waals surface area contributed by atoms with Crippen molar-refractivity contribution < 1.29 is 4.79 Å². The highest BCUT2D eigenvalue weighted by Gasteiger charge is 2.22. The second kappa shape index (κ2) is 5.70. The van der Waals surface area contributed by atoms with E-state index in [0.717, 1.165) is 37.8 Å². The molecule has 108 valence electrons. The zero-order valence-corrected chi connectivity index (χ0v) is 12.7. The van der Waals surface area contributed by atoms with Gasteiger partial charge in [-0.25, -0.2) is 0 Å². The Morgan fingerprint density at radius 1 is 1.52 bits per heavy atom. The third-order valence-electron chi connectivity index (χ3n) is 3.71. The predicted octanol–water partition coefficient (Wildman–Crippen LogP) is 2.97. The van der Waals surface area contributed by atoms with E-state index in [1.807, 2.05) is 6.92 Å². The van der Waals surface area contributed by atoms with E-state index in [0.29, 0.717) is 16.3 Å². The number of anilines is 1. The van der Waals surface area contributed by atoms with Crippen LogP contribution in [0.3, 0.4) is 0 Å². The summed E-state index contributed by atoms with van der Waals surface area (Å²) >= 11 is 1.53. The maximum Gasteiger partial charge on any atom is 0.276 e. The summed E-state index contributed by atoms with van der Waals surface area (Å²) in [6.07, 6.45) is 6.00. The molecule has 0 saturated carbocycles. The number of hydrogen-bond acceptors (Lipinski definition) is 4.